The van der Waals surface area contributed by atoms with Crippen molar-refractivity contribution >= 4 is 49.9 Å². The van der Waals surface area contributed by atoms with Crippen LogP contribution in [0.2, 0.25) is 0 Å². The van der Waals surface area contributed by atoms with Crippen LogP contribution in [-0.2, 0) is 0 Å². The van der Waals surface area contributed by atoms with Crippen molar-refractivity contribution in [1.29, 1.82) is 0 Å². The number of hydrogen-bond acceptors (Lipinski definition) is 3. The van der Waals surface area contributed by atoms with E-state index in [1.807, 2.05) is 30.3 Å². The van der Waals surface area contributed by atoms with Gasteiger partial charge >= 0.3 is 0 Å². The molecule has 0 atom stereocenters. The first-order chi connectivity index (χ1) is 20.3. The Bertz CT molecular complexity index is 2040. The molecule has 0 saturated carbocycles. The molecule has 41 heavy (non-hydrogen) atoms. The molecule has 4 heteroatoms. The van der Waals surface area contributed by atoms with Gasteiger partial charge in [-0.2, -0.15) is 0 Å². The second kappa shape index (κ2) is 9.68. The van der Waals surface area contributed by atoms with Gasteiger partial charge in [0, 0.05) is 44.4 Å². The molecule has 8 rings (SSSR count). The van der Waals surface area contributed by atoms with E-state index in [0.29, 0.717) is 5.89 Å². The van der Waals surface area contributed by atoms with Gasteiger partial charge in [-0.1, -0.05) is 66.7 Å². The maximum atomic E-state index is 6.19. The molecule has 0 amide bonds. The predicted molar refractivity (Wildman–Crippen MR) is 169 cm³/mol. The van der Waals surface area contributed by atoms with E-state index in [9.17, 15) is 0 Å². The lowest BCUT2D eigenvalue weighted by molar-refractivity contribution is 0.620. The average molecular weight is 530 g/mol. The highest BCUT2D eigenvalue weighted by atomic mass is 16.3. The van der Waals surface area contributed by atoms with E-state index in [-0.39, 0.29) is 0 Å². The normalized spacial score (nSPS) is 13.5. The van der Waals surface area contributed by atoms with Crippen LogP contribution in [0.1, 0.15) is 18.4 Å². The van der Waals surface area contributed by atoms with Crippen LogP contribution in [0.25, 0.3) is 49.9 Å². The fourth-order valence-corrected chi connectivity index (χ4v) is 5.91. The van der Waals surface area contributed by atoms with E-state index in [1.54, 1.807) is 0 Å². The number of allylic oxidation sites excluding steroid dienone is 4. The molecule has 5 aromatic carbocycles. The number of fused-ring (bicyclic) bond motifs is 4. The minimum Gasteiger partial charge on any atom is -0.436 e. The Morgan fingerprint density at radius 3 is 1.98 bits per heavy atom. The summed E-state index contributed by atoms with van der Waals surface area (Å²) in [5.41, 5.74) is 11.1. The molecule has 1 N–H and O–H groups in total. The molecular weight excluding hydrogens is 502 g/mol. The Morgan fingerprint density at radius 2 is 1.29 bits per heavy atom. The van der Waals surface area contributed by atoms with Gasteiger partial charge in [-0.3, -0.25) is 0 Å². The zero-order chi connectivity index (χ0) is 27.2. The molecule has 2 heterocycles. The Kier molecular flexibility index (Phi) is 5.56. The lowest BCUT2D eigenvalue weighted by Gasteiger charge is -2.29. The largest absolute Gasteiger partial charge is 0.436 e. The number of rotatable bonds is 5. The average Bonchev–Trinajstić information content (AvgIpc) is 3.62. The van der Waals surface area contributed by atoms with Gasteiger partial charge in [0.1, 0.15) is 5.52 Å². The Balaban J connectivity index is 1.17. The fraction of sp³-hybridized carbons (Fsp3) is 0.0541. The van der Waals surface area contributed by atoms with E-state index >= 15 is 0 Å². The number of benzene rings is 5. The summed E-state index contributed by atoms with van der Waals surface area (Å²) in [5.74, 6) is 0.647. The third-order valence-corrected chi connectivity index (χ3v) is 7.94. The van der Waals surface area contributed by atoms with E-state index in [4.69, 9.17) is 9.40 Å². The van der Waals surface area contributed by atoms with Gasteiger partial charge in [-0.05, 0) is 90.7 Å². The smallest absolute Gasteiger partial charge is 0.227 e. The van der Waals surface area contributed by atoms with Gasteiger partial charge in [0.2, 0.25) is 5.89 Å². The van der Waals surface area contributed by atoms with Crippen molar-refractivity contribution in [3.8, 4) is 11.5 Å². The highest BCUT2D eigenvalue weighted by molar-refractivity contribution is 6.11. The van der Waals surface area contributed by atoms with Crippen molar-refractivity contribution in [2.24, 2.45) is 0 Å². The van der Waals surface area contributed by atoms with Crippen LogP contribution in [-0.4, -0.2) is 9.97 Å². The zero-order valence-corrected chi connectivity index (χ0v) is 22.4. The number of H-pyrrole nitrogens is 1. The minimum absolute atomic E-state index is 0.647. The first-order valence-electron chi connectivity index (χ1n) is 14.0. The highest BCUT2D eigenvalue weighted by Crippen LogP contribution is 2.38. The molecule has 0 fully saturated rings. The molecule has 1 aliphatic carbocycles. The molecular formula is C37H27N3O. The van der Waals surface area contributed by atoms with Crippen LogP contribution in [0.4, 0.5) is 11.4 Å². The van der Waals surface area contributed by atoms with Crippen molar-refractivity contribution in [2.75, 3.05) is 4.90 Å². The van der Waals surface area contributed by atoms with Crippen molar-refractivity contribution in [1.82, 2.24) is 9.97 Å². The van der Waals surface area contributed by atoms with Gasteiger partial charge in [0.15, 0.2) is 5.58 Å². The summed E-state index contributed by atoms with van der Waals surface area (Å²) < 4.78 is 6.19. The number of hydrogen-bond donors (Lipinski definition) is 1. The zero-order valence-electron chi connectivity index (χ0n) is 22.4. The van der Waals surface area contributed by atoms with Crippen LogP contribution >= 0.6 is 0 Å². The fourth-order valence-electron chi connectivity index (χ4n) is 5.91. The van der Waals surface area contributed by atoms with E-state index in [1.165, 1.54) is 33.6 Å². The third-order valence-electron chi connectivity index (χ3n) is 7.94. The molecule has 0 spiro atoms. The van der Waals surface area contributed by atoms with Crippen LogP contribution in [0.3, 0.4) is 0 Å². The summed E-state index contributed by atoms with van der Waals surface area (Å²) in [5, 5.41) is 2.35. The minimum atomic E-state index is 0.647. The molecule has 196 valence electrons. The summed E-state index contributed by atoms with van der Waals surface area (Å²) in [4.78, 5) is 10.7. The highest BCUT2D eigenvalue weighted by Gasteiger charge is 2.18. The number of nitrogens with one attached hydrogen (secondary N) is 1. The summed E-state index contributed by atoms with van der Waals surface area (Å²) in [6.45, 7) is 0. The number of aromatic nitrogens is 2. The Labute approximate surface area is 237 Å². The maximum Gasteiger partial charge on any atom is 0.227 e. The van der Waals surface area contributed by atoms with Gasteiger partial charge in [0.25, 0.3) is 0 Å². The summed E-state index contributed by atoms with van der Waals surface area (Å²) in [6, 6.07) is 42.2. The summed E-state index contributed by atoms with van der Waals surface area (Å²) >= 11 is 0. The summed E-state index contributed by atoms with van der Waals surface area (Å²) in [7, 11) is 0. The number of anilines is 2. The SMILES string of the molecule is C1=C(c2ccc3[nH]c4cc5nc(-c6ccccc6)oc5cc4c3c2)CCC(N(c2ccccc2)c2ccccc2)=C1. The topological polar surface area (TPSA) is 45.1 Å². The van der Waals surface area contributed by atoms with Crippen LogP contribution in [0.5, 0.6) is 0 Å². The lowest BCUT2D eigenvalue weighted by atomic mass is 9.94. The van der Waals surface area contributed by atoms with Gasteiger partial charge in [-0.15, -0.1) is 0 Å². The number of nitrogens with zero attached hydrogens (tertiary/aromatic N) is 2. The van der Waals surface area contributed by atoms with Crippen molar-refractivity contribution in [2.45, 2.75) is 12.8 Å². The second-order valence-corrected chi connectivity index (χ2v) is 10.5. The van der Waals surface area contributed by atoms with Crippen LogP contribution in [0, 0.1) is 0 Å². The Morgan fingerprint density at radius 1 is 0.610 bits per heavy atom. The molecule has 4 nitrogen and oxygen atoms in total. The van der Waals surface area contributed by atoms with E-state index in [0.717, 1.165) is 45.9 Å². The van der Waals surface area contributed by atoms with Crippen LogP contribution < -0.4 is 4.90 Å². The standard InChI is InChI=1S/C37H27N3O/c1-4-10-26(11-5-1)37-39-35-24-34-32(23-36(35)41-37)31-22-27(18-21-33(31)38-34)25-16-19-30(20-17-25)40(28-12-6-2-7-13-28)29-14-8-3-9-15-29/h1-16,18-19,21-24,38H,17,20H2. The van der Waals surface area contributed by atoms with Crippen molar-refractivity contribution in [3.63, 3.8) is 0 Å². The van der Waals surface area contributed by atoms with Crippen molar-refractivity contribution < 1.29 is 4.42 Å². The van der Waals surface area contributed by atoms with E-state index < -0.39 is 0 Å². The van der Waals surface area contributed by atoms with Crippen LogP contribution in [0.15, 0.2) is 144 Å². The number of aromatic amines is 1. The predicted octanol–water partition coefficient (Wildman–Crippen LogP) is 10.0. The third kappa shape index (κ3) is 4.21. The quantitative estimate of drug-likeness (QED) is 0.241. The summed E-state index contributed by atoms with van der Waals surface area (Å²) in [6.07, 6.45) is 6.50. The first kappa shape index (κ1) is 23.5. The lowest BCUT2D eigenvalue weighted by Crippen LogP contribution is -2.17. The second-order valence-electron chi connectivity index (χ2n) is 10.5. The maximum absolute atomic E-state index is 6.19. The molecule has 0 radical (unpaired) electrons. The van der Waals surface area contributed by atoms with Gasteiger partial charge < -0.3 is 14.3 Å². The van der Waals surface area contributed by atoms with Gasteiger partial charge in [-0.25, -0.2) is 4.98 Å². The molecule has 1 aliphatic rings. The number of oxazole rings is 1. The van der Waals surface area contributed by atoms with Gasteiger partial charge in [0.05, 0.1) is 0 Å². The molecule has 2 aromatic heterocycles. The Hall–Kier alpha value is -5.35. The molecule has 0 unspecified atom stereocenters. The molecule has 0 aliphatic heterocycles. The monoisotopic (exact) mass is 529 g/mol. The first-order valence-corrected chi connectivity index (χ1v) is 14.0. The van der Waals surface area contributed by atoms with Crippen molar-refractivity contribution in [3.05, 3.63) is 145 Å². The molecule has 7 aromatic rings. The number of para-hydroxylation sites is 2. The molecule has 0 saturated heterocycles. The molecule has 0 bridgehead atoms. The van der Waals surface area contributed by atoms with E-state index in [2.05, 4.69) is 113 Å².